The van der Waals surface area contributed by atoms with Gasteiger partial charge in [0, 0.05) is 6.54 Å². The maximum absolute atomic E-state index is 12.2. The third-order valence-corrected chi connectivity index (χ3v) is 4.92. The molecule has 0 radical (unpaired) electrons. The molecule has 1 aliphatic rings. The highest BCUT2D eigenvalue weighted by molar-refractivity contribution is 6.32. The van der Waals surface area contributed by atoms with Crippen molar-refractivity contribution in [3.05, 3.63) is 52.9 Å². The predicted octanol–water partition coefficient (Wildman–Crippen LogP) is 3.96. The molecule has 0 aliphatic carbocycles. The van der Waals surface area contributed by atoms with Crippen LogP contribution in [0.2, 0.25) is 5.02 Å². The Morgan fingerprint density at radius 1 is 1.23 bits per heavy atom. The van der Waals surface area contributed by atoms with Crippen LogP contribution in [0.5, 0.6) is 5.75 Å². The van der Waals surface area contributed by atoms with Gasteiger partial charge in [0.2, 0.25) is 0 Å². The number of carbonyl (C=O) groups is 1. The van der Waals surface area contributed by atoms with Gasteiger partial charge < -0.3 is 14.5 Å². The van der Waals surface area contributed by atoms with Gasteiger partial charge in [0.05, 0.1) is 11.1 Å². The summed E-state index contributed by atoms with van der Waals surface area (Å²) in [5.74, 6) is 2.13. The van der Waals surface area contributed by atoms with Gasteiger partial charge in [0.15, 0.2) is 6.61 Å². The first kappa shape index (κ1) is 18.8. The number of carbonyl (C=O) groups excluding carboxylic acids is 1. The van der Waals surface area contributed by atoms with Crippen molar-refractivity contribution in [2.24, 2.45) is 0 Å². The van der Waals surface area contributed by atoms with Gasteiger partial charge in [-0.3, -0.25) is 9.69 Å². The number of hydrogen-bond acceptors (Lipinski definition) is 4. The van der Waals surface area contributed by atoms with Gasteiger partial charge in [-0.1, -0.05) is 30.2 Å². The zero-order valence-corrected chi connectivity index (χ0v) is 15.8. The van der Waals surface area contributed by atoms with Crippen LogP contribution >= 0.6 is 11.6 Å². The monoisotopic (exact) mass is 376 g/mol. The zero-order chi connectivity index (χ0) is 18.4. The van der Waals surface area contributed by atoms with E-state index in [0.29, 0.717) is 17.3 Å². The lowest BCUT2D eigenvalue weighted by Gasteiger charge is -2.33. The van der Waals surface area contributed by atoms with Gasteiger partial charge in [-0.15, -0.1) is 0 Å². The number of furan rings is 1. The summed E-state index contributed by atoms with van der Waals surface area (Å²) in [5, 5.41) is 3.47. The van der Waals surface area contributed by atoms with Crippen molar-refractivity contribution in [2.75, 3.05) is 26.2 Å². The van der Waals surface area contributed by atoms with E-state index in [1.165, 1.54) is 19.3 Å². The molecule has 2 heterocycles. The van der Waals surface area contributed by atoms with Crippen molar-refractivity contribution in [1.29, 1.82) is 0 Å². The second-order valence-electron chi connectivity index (χ2n) is 6.58. The molecule has 26 heavy (non-hydrogen) atoms. The van der Waals surface area contributed by atoms with Gasteiger partial charge in [0.25, 0.3) is 5.91 Å². The molecule has 1 aromatic carbocycles. The summed E-state index contributed by atoms with van der Waals surface area (Å²) in [6, 6.07) is 11.1. The van der Waals surface area contributed by atoms with Crippen molar-refractivity contribution in [3.8, 4) is 5.75 Å². The summed E-state index contributed by atoms with van der Waals surface area (Å²) in [4.78, 5) is 14.6. The molecule has 1 aliphatic heterocycles. The minimum absolute atomic E-state index is 0.0493. The van der Waals surface area contributed by atoms with E-state index in [9.17, 15) is 4.79 Å². The van der Waals surface area contributed by atoms with Crippen LogP contribution in [-0.4, -0.2) is 37.0 Å². The van der Waals surface area contributed by atoms with E-state index in [-0.39, 0.29) is 18.6 Å². The highest BCUT2D eigenvalue weighted by Crippen LogP contribution is 2.26. The lowest BCUT2D eigenvalue weighted by Crippen LogP contribution is -2.41. The van der Waals surface area contributed by atoms with E-state index in [1.807, 2.05) is 31.2 Å². The lowest BCUT2D eigenvalue weighted by atomic mass is 10.1. The number of hydrogen-bond donors (Lipinski definition) is 1. The van der Waals surface area contributed by atoms with Crippen molar-refractivity contribution in [2.45, 2.75) is 32.2 Å². The van der Waals surface area contributed by atoms with Crippen LogP contribution in [-0.2, 0) is 4.79 Å². The highest BCUT2D eigenvalue weighted by Gasteiger charge is 2.25. The van der Waals surface area contributed by atoms with Gasteiger partial charge in [-0.05, 0) is 57.1 Å². The van der Waals surface area contributed by atoms with E-state index in [0.717, 1.165) is 24.6 Å². The standard InChI is InChI=1S/C20H25ClN2O3/c1-15-9-10-19(26-15)17(23-11-5-2-6-12-23)13-22-20(24)14-25-18-8-4-3-7-16(18)21/h3-4,7-10,17H,2,5-6,11-14H2,1H3,(H,22,24). The maximum Gasteiger partial charge on any atom is 0.258 e. The smallest absolute Gasteiger partial charge is 0.258 e. The van der Waals surface area contributed by atoms with Crippen molar-refractivity contribution in [3.63, 3.8) is 0 Å². The maximum atomic E-state index is 12.2. The van der Waals surface area contributed by atoms with Crippen LogP contribution in [0, 0.1) is 6.92 Å². The average molecular weight is 377 g/mol. The summed E-state index contributed by atoms with van der Waals surface area (Å²) in [5.41, 5.74) is 0. The van der Waals surface area contributed by atoms with Gasteiger partial charge in [-0.25, -0.2) is 0 Å². The molecule has 6 heteroatoms. The topological polar surface area (TPSA) is 54.7 Å². The number of ether oxygens (including phenoxy) is 1. The normalized spacial score (nSPS) is 16.2. The Labute approximate surface area is 159 Å². The molecule has 0 spiro atoms. The molecule has 140 valence electrons. The summed E-state index contributed by atoms with van der Waals surface area (Å²) in [7, 11) is 0. The Hall–Kier alpha value is -1.98. The Kier molecular flexibility index (Phi) is 6.58. The van der Waals surface area contributed by atoms with Crippen molar-refractivity contribution in [1.82, 2.24) is 10.2 Å². The summed E-state index contributed by atoms with van der Waals surface area (Å²) in [6.07, 6.45) is 3.62. The minimum atomic E-state index is -0.171. The lowest BCUT2D eigenvalue weighted by molar-refractivity contribution is -0.123. The minimum Gasteiger partial charge on any atom is -0.482 e. The molecule has 1 saturated heterocycles. The molecule has 1 amide bonds. The molecular weight excluding hydrogens is 352 g/mol. The Morgan fingerprint density at radius 3 is 2.69 bits per heavy atom. The fourth-order valence-electron chi connectivity index (χ4n) is 3.24. The molecule has 1 unspecified atom stereocenters. The van der Waals surface area contributed by atoms with Gasteiger partial charge >= 0.3 is 0 Å². The molecule has 1 N–H and O–H groups in total. The van der Waals surface area contributed by atoms with E-state index < -0.39 is 0 Å². The molecule has 0 saturated carbocycles. The SMILES string of the molecule is Cc1ccc(C(CNC(=O)COc2ccccc2Cl)N2CCCCC2)o1. The van der Waals surface area contributed by atoms with E-state index >= 15 is 0 Å². The van der Waals surface area contributed by atoms with Crippen molar-refractivity contribution >= 4 is 17.5 Å². The first-order valence-corrected chi connectivity index (χ1v) is 9.45. The number of para-hydroxylation sites is 1. The second-order valence-corrected chi connectivity index (χ2v) is 6.99. The molecule has 0 bridgehead atoms. The summed E-state index contributed by atoms with van der Waals surface area (Å²) >= 11 is 6.04. The zero-order valence-electron chi connectivity index (χ0n) is 15.0. The fourth-order valence-corrected chi connectivity index (χ4v) is 3.43. The summed E-state index contributed by atoms with van der Waals surface area (Å²) in [6.45, 7) is 4.42. The third-order valence-electron chi connectivity index (χ3n) is 4.61. The number of nitrogens with one attached hydrogen (secondary N) is 1. The van der Waals surface area contributed by atoms with E-state index in [1.54, 1.807) is 12.1 Å². The van der Waals surface area contributed by atoms with Crippen LogP contribution in [0.4, 0.5) is 0 Å². The van der Waals surface area contributed by atoms with Crippen LogP contribution in [0.3, 0.4) is 0 Å². The molecule has 3 rings (SSSR count). The van der Waals surface area contributed by atoms with Crippen LogP contribution in [0.25, 0.3) is 0 Å². The highest BCUT2D eigenvalue weighted by atomic mass is 35.5. The van der Waals surface area contributed by atoms with Gasteiger partial charge in [0.1, 0.15) is 17.3 Å². The number of nitrogens with zero attached hydrogens (tertiary/aromatic N) is 1. The fraction of sp³-hybridized carbons (Fsp3) is 0.450. The first-order valence-electron chi connectivity index (χ1n) is 9.08. The number of benzene rings is 1. The van der Waals surface area contributed by atoms with E-state index in [2.05, 4.69) is 10.2 Å². The average Bonchev–Trinajstić information content (AvgIpc) is 3.08. The Balaban J connectivity index is 1.56. The number of piperidine rings is 1. The third kappa shape index (κ3) is 5.02. The second kappa shape index (κ2) is 9.10. The van der Waals surface area contributed by atoms with Crippen LogP contribution in [0.15, 0.2) is 40.8 Å². The Morgan fingerprint density at radius 2 is 2.00 bits per heavy atom. The molecule has 2 aromatic rings. The van der Waals surface area contributed by atoms with Gasteiger partial charge in [-0.2, -0.15) is 0 Å². The molecular formula is C20H25ClN2O3. The van der Waals surface area contributed by atoms with Crippen LogP contribution in [0.1, 0.15) is 36.8 Å². The quantitative estimate of drug-likeness (QED) is 0.794. The molecule has 5 nitrogen and oxygen atoms in total. The van der Waals surface area contributed by atoms with Crippen LogP contribution < -0.4 is 10.1 Å². The summed E-state index contributed by atoms with van der Waals surface area (Å²) < 4.78 is 11.3. The number of amides is 1. The number of aryl methyl sites for hydroxylation is 1. The molecule has 1 aromatic heterocycles. The van der Waals surface area contributed by atoms with E-state index in [4.69, 9.17) is 20.8 Å². The number of halogens is 1. The number of rotatable bonds is 7. The van der Waals surface area contributed by atoms with Crippen molar-refractivity contribution < 1.29 is 13.9 Å². The number of likely N-dealkylation sites (tertiary alicyclic amines) is 1. The molecule has 1 atom stereocenters. The first-order chi connectivity index (χ1) is 12.6. The largest absolute Gasteiger partial charge is 0.482 e. The predicted molar refractivity (Wildman–Crippen MR) is 102 cm³/mol. The molecule has 1 fully saturated rings. The Bertz CT molecular complexity index is 725.